The molecule has 0 spiro atoms. The van der Waals surface area contributed by atoms with Crippen molar-refractivity contribution in [1.29, 1.82) is 0 Å². The van der Waals surface area contributed by atoms with Gasteiger partial charge in [-0.25, -0.2) is 10.5 Å². The topological polar surface area (TPSA) is 135 Å². The van der Waals surface area contributed by atoms with Crippen molar-refractivity contribution in [2.24, 2.45) is 0 Å². The van der Waals surface area contributed by atoms with E-state index in [1.165, 1.54) is 0 Å². The third-order valence-electron chi connectivity index (χ3n) is 7.17. The number of hydrogen-bond acceptors (Lipinski definition) is 7. The highest BCUT2D eigenvalue weighted by molar-refractivity contribution is 6.40. The van der Waals surface area contributed by atoms with Crippen LogP contribution in [0.25, 0.3) is 0 Å². The predicted octanol–water partition coefficient (Wildman–Crippen LogP) is 5.39. The largest absolute Gasteiger partial charge is 0.392 e. The van der Waals surface area contributed by atoms with Crippen molar-refractivity contribution >= 4 is 35.0 Å². The van der Waals surface area contributed by atoms with E-state index in [-0.39, 0.29) is 36.3 Å². The van der Waals surface area contributed by atoms with Crippen LogP contribution in [0, 0.1) is 0 Å². The van der Waals surface area contributed by atoms with Crippen LogP contribution >= 0.6 is 23.2 Å². The normalized spacial score (nSPS) is 18.5. The summed E-state index contributed by atoms with van der Waals surface area (Å²) in [7, 11) is 0. The van der Waals surface area contributed by atoms with E-state index in [9.17, 15) is 14.7 Å². The Bertz CT molecular complexity index is 1300. The standard InChI is InChI=1S/C30H36Cl2N4O6/c31-28-29(32)36(19-34-28)17-24-15-25(22-11-9-21(18-37)10-12-22)42-30(41-24)23-13-7-20(8-14-23)16-33-26(38)5-3-1-2-4-6-27(39)35-40/h7-14,19,24-25,30,37,40H,1-6,15-18H2,(H,33,38)(H,35,39)/t24-,25+,30+/m0/s1. The second kappa shape index (κ2) is 16.0. The van der Waals surface area contributed by atoms with Crippen molar-refractivity contribution in [1.82, 2.24) is 20.3 Å². The summed E-state index contributed by atoms with van der Waals surface area (Å²) in [6, 6.07) is 15.4. The average molecular weight is 620 g/mol. The molecule has 2 heterocycles. The molecule has 10 nitrogen and oxygen atoms in total. The predicted molar refractivity (Wildman–Crippen MR) is 157 cm³/mol. The van der Waals surface area contributed by atoms with Crippen molar-refractivity contribution in [3.63, 3.8) is 0 Å². The maximum Gasteiger partial charge on any atom is 0.243 e. The summed E-state index contributed by atoms with van der Waals surface area (Å²) < 4.78 is 14.5. The molecule has 1 fully saturated rings. The molecule has 12 heteroatoms. The fraction of sp³-hybridized carbons (Fsp3) is 0.433. The van der Waals surface area contributed by atoms with Gasteiger partial charge in [0, 0.05) is 31.4 Å². The zero-order chi connectivity index (χ0) is 29.9. The van der Waals surface area contributed by atoms with Crippen molar-refractivity contribution < 1.29 is 29.4 Å². The molecule has 0 saturated carbocycles. The van der Waals surface area contributed by atoms with Crippen LogP contribution in [0.3, 0.4) is 0 Å². The Balaban J connectivity index is 1.33. The van der Waals surface area contributed by atoms with E-state index in [0.717, 1.165) is 41.5 Å². The summed E-state index contributed by atoms with van der Waals surface area (Å²) in [4.78, 5) is 27.3. The van der Waals surface area contributed by atoms with Crippen LogP contribution in [0.1, 0.15) is 79.6 Å². The van der Waals surface area contributed by atoms with Gasteiger partial charge in [0.25, 0.3) is 0 Å². The maximum absolute atomic E-state index is 12.3. The van der Waals surface area contributed by atoms with Crippen molar-refractivity contribution in [3.05, 3.63) is 87.4 Å². The van der Waals surface area contributed by atoms with Gasteiger partial charge in [-0.15, -0.1) is 0 Å². The van der Waals surface area contributed by atoms with Gasteiger partial charge in [0.15, 0.2) is 11.4 Å². The second-order valence-electron chi connectivity index (χ2n) is 10.3. The zero-order valence-corrected chi connectivity index (χ0v) is 24.7. The van der Waals surface area contributed by atoms with E-state index in [1.807, 2.05) is 48.5 Å². The molecule has 0 aliphatic carbocycles. The van der Waals surface area contributed by atoms with Crippen molar-refractivity contribution in [2.75, 3.05) is 0 Å². The number of rotatable bonds is 14. The number of amides is 2. The number of hydrogen-bond donors (Lipinski definition) is 4. The zero-order valence-electron chi connectivity index (χ0n) is 23.2. The molecule has 1 aliphatic rings. The van der Waals surface area contributed by atoms with Crippen molar-refractivity contribution in [3.8, 4) is 0 Å². The number of imidazole rings is 1. The minimum Gasteiger partial charge on any atom is -0.392 e. The van der Waals surface area contributed by atoms with Gasteiger partial charge in [-0.3, -0.25) is 14.8 Å². The summed E-state index contributed by atoms with van der Waals surface area (Å²) in [6.45, 7) is 0.830. The molecule has 1 aromatic heterocycles. The van der Waals surface area contributed by atoms with Crippen LogP contribution in [0.2, 0.25) is 10.3 Å². The summed E-state index contributed by atoms with van der Waals surface area (Å²) >= 11 is 12.4. The Morgan fingerprint density at radius 3 is 2.17 bits per heavy atom. The Labute approximate surface area is 254 Å². The van der Waals surface area contributed by atoms with E-state index in [0.29, 0.717) is 37.5 Å². The van der Waals surface area contributed by atoms with Gasteiger partial charge in [0.2, 0.25) is 11.8 Å². The molecule has 1 saturated heterocycles. The lowest BCUT2D eigenvalue weighted by Crippen LogP contribution is -2.32. The summed E-state index contributed by atoms with van der Waals surface area (Å²) in [5.74, 6) is -0.416. The Kier molecular flexibility index (Phi) is 12.2. The van der Waals surface area contributed by atoms with Gasteiger partial charge < -0.3 is 24.5 Å². The molecule has 4 N–H and O–H groups in total. The summed E-state index contributed by atoms with van der Waals surface area (Å²) in [5.41, 5.74) is 5.22. The van der Waals surface area contributed by atoms with Crippen LogP contribution in [-0.2, 0) is 38.8 Å². The Morgan fingerprint density at radius 2 is 1.55 bits per heavy atom. The lowest BCUT2D eigenvalue weighted by Gasteiger charge is -2.36. The van der Waals surface area contributed by atoms with Gasteiger partial charge in [-0.05, 0) is 29.5 Å². The molecule has 2 aromatic carbocycles. The number of nitrogens with zero attached hydrogens (tertiary/aromatic N) is 2. The molecule has 226 valence electrons. The lowest BCUT2D eigenvalue weighted by molar-refractivity contribution is -0.252. The fourth-order valence-electron chi connectivity index (χ4n) is 4.78. The monoisotopic (exact) mass is 618 g/mol. The number of aliphatic hydroxyl groups is 1. The Hall–Kier alpha value is -2.99. The van der Waals surface area contributed by atoms with E-state index in [4.69, 9.17) is 37.9 Å². The molecular weight excluding hydrogens is 583 g/mol. The van der Waals surface area contributed by atoms with Gasteiger partial charge in [-0.1, -0.05) is 84.6 Å². The van der Waals surface area contributed by atoms with Crippen LogP contribution in [0.5, 0.6) is 0 Å². The molecule has 3 atom stereocenters. The maximum atomic E-state index is 12.3. The smallest absolute Gasteiger partial charge is 0.243 e. The highest BCUT2D eigenvalue weighted by atomic mass is 35.5. The molecule has 1 aliphatic heterocycles. The first-order valence-corrected chi connectivity index (χ1v) is 14.8. The van der Waals surface area contributed by atoms with Crippen LogP contribution in [-0.4, -0.2) is 37.8 Å². The summed E-state index contributed by atoms with van der Waals surface area (Å²) in [5, 5.41) is 21.5. The fourth-order valence-corrected chi connectivity index (χ4v) is 5.10. The number of unbranched alkanes of at least 4 members (excludes halogenated alkanes) is 3. The quantitative estimate of drug-likeness (QED) is 0.108. The van der Waals surface area contributed by atoms with Gasteiger partial charge >= 0.3 is 0 Å². The molecule has 42 heavy (non-hydrogen) atoms. The molecule has 0 unspecified atom stereocenters. The first kappa shape index (κ1) is 31.9. The second-order valence-corrected chi connectivity index (χ2v) is 11.0. The number of aliphatic hydroxyl groups excluding tert-OH is 1. The first-order valence-electron chi connectivity index (χ1n) is 14.0. The number of ether oxygens (including phenoxy) is 2. The van der Waals surface area contributed by atoms with Crippen LogP contribution in [0.15, 0.2) is 54.9 Å². The number of carbonyl (C=O) groups excluding carboxylic acids is 2. The number of carbonyl (C=O) groups is 2. The van der Waals surface area contributed by atoms with E-state index in [1.54, 1.807) is 16.4 Å². The molecule has 2 amide bonds. The van der Waals surface area contributed by atoms with Gasteiger partial charge in [0.05, 0.1) is 31.7 Å². The molecule has 0 bridgehead atoms. The summed E-state index contributed by atoms with van der Waals surface area (Å²) in [6.07, 6.45) is 4.85. The van der Waals surface area contributed by atoms with Crippen LogP contribution < -0.4 is 10.8 Å². The highest BCUT2D eigenvalue weighted by Gasteiger charge is 2.33. The van der Waals surface area contributed by atoms with E-state index >= 15 is 0 Å². The van der Waals surface area contributed by atoms with E-state index < -0.39 is 12.2 Å². The number of nitrogens with one attached hydrogen (secondary N) is 2. The third kappa shape index (κ3) is 9.26. The molecule has 3 aromatic rings. The first-order chi connectivity index (χ1) is 20.4. The minimum absolute atomic E-state index is 0.0257. The Morgan fingerprint density at radius 1 is 0.905 bits per heavy atom. The van der Waals surface area contributed by atoms with Crippen LogP contribution in [0.4, 0.5) is 0 Å². The third-order valence-corrected chi connectivity index (χ3v) is 7.94. The number of halogens is 2. The minimum atomic E-state index is -0.629. The number of aromatic nitrogens is 2. The van der Waals surface area contributed by atoms with Crippen molar-refractivity contribution in [2.45, 2.75) is 83.1 Å². The average Bonchev–Trinajstić information content (AvgIpc) is 3.33. The molecule has 4 rings (SSSR count). The lowest BCUT2D eigenvalue weighted by atomic mass is 10.00. The van der Waals surface area contributed by atoms with Gasteiger partial charge in [-0.2, -0.15) is 0 Å². The van der Waals surface area contributed by atoms with Gasteiger partial charge in [0.1, 0.15) is 5.15 Å². The highest BCUT2D eigenvalue weighted by Crippen LogP contribution is 2.39. The number of benzene rings is 2. The molecular formula is C30H36Cl2N4O6. The van der Waals surface area contributed by atoms with E-state index in [2.05, 4.69) is 10.3 Å². The number of hydroxylamine groups is 1. The molecule has 0 radical (unpaired) electrons. The SMILES string of the molecule is O=C(CCCCCCC(=O)NCc1ccc([C@@H]2O[C@H](Cn3cnc(Cl)c3Cl)C[C@H](c3ccc(CO)cc3)O2)cc1)NO.